The van der Waals surface area contributed by atoms with Crippen LogP contribution >= 0.6 is 0 Å². The Morgan fingerprint density at radius 3 is 2.79 bits per heavy atom. The molecule has 0 spiro atoms. The van der Waals surface area contributed by atoms with Crippen LogP contribution in [0.3, 0.4) is 0 Å². The number of rotatable bonds is 3. The number of methoxy groups -OCH3 is 1. The van der Waals surface area contributed by atoms with Crippen LogP contribution in [0.25, 0.3) is 0 Å². The van der Waals surface area contributed by atoms with Crippen molar-refractivity contribution in [1.82, 2.24) is 5.32 Å². The van der Waals surface area contributed by atoms with Crippen molar-refractivity contribution in [3.8, 4) is 5.75 Å². The molecule has 14 heavy (non-hydrogen) atoms. The van der Waals surface area contributed by atoms with E-state index < -0.39 is 0 Å². The van der Waals surface area contributed by atoms with Crippen molar-refractivity contribution in [2.75, 3.05) is 13.7 Å². The second-order valence-corrected chi connectivity index (χ2v) is 3.36. The number of ketones is 1. The van der Waals surface area contributed by atoms with E-state index in [1.165, 1.54) is 0 Å². The lowest BCUT2D eigenvalue weighted by Crippen LogP contribution is -2.48. The van der Waals surface area contributed by atoms with Gasteiger partial charge >= 0.3 is 0 Å². The van der Waals surface area contributed by atoms with Gasteiger partial charge in [0.1, 0.15) is 5.75 Å². The summed E-state index contributed by atoms with van der Waals surface area (Å²) in [6, 6.07) is 7.33. The van der Waals surface area contributed by atoms with Gasteiger partial charge in [-0.15, -0.1) is 0 Å². The molecular formula is C11H13NO2. The van der Waals surface area contributed by atoms with E-state index in [1.807, 2.05) is 18.2 Å². The standard InChI is InChI=1S/C11H13NO2/c1-14-10-5-3-2-4-8(10)11(13)9-6-7-12-9/h2-5,9,12H,6-7H2,1H3. The molecular weight excluding hydrogens is 178 g/mol. The molecule has 1 heterocycles. The van der Waals surface area contributed by atoms with Crippen molar-refractivity contribution in [2.45, 2.75) is 12.5 Å². The Hall–Kier alpha value is -1.35. The highest BCUT2D eigenvalue weighted by Gasteiger charge is 2.27. The summed E-state index contributed by atoms with van der Waals surface area (Å²) >= 11 is 0. The number of hydrogen-bond donors (Lipinski definition) is 1. The van der Waals surface area contributed by atoms with Crippen LogP contribution in [0.5, 0.6) is 5.75 Å². The minimum Gasteiger partial charge on any atom is -0.496 e. The maximum Gasteiger partial charge on any atom is 0.183 e. The van der Waals surface area contributed by atoms with Crippen molar-refractivity contribution in [2.24, 2.45) is 0 Å². The first-order chi connectivity index (χ1) is 6.83. The molecule has 1 N–H and O–H groups in total. The second-order valence-electron chi connectivity index (χ2n) is 3.36. The summed E-state index contributed by atoms with van der Waals surface area (Å²) in [5.74, 6) is 0.792. The number of Topliss-reactive ketones (excluding diaryl/α,β-unsaturated/α-hetero) is 1. The molecule has 1 aromatic carbocycles. The van der Waals surface area contributed by atoms with E-state index in [-0.39, 0.29) is 11.8 Å². The SMILES string of the molecule is COc1ccccc1C(=O)C1CCN1. The van der Waals surface area contributed by atoms with Gasteiger partial charge in [0.15, 0.2) is 5.78 Å². The van der Waals surface area contributed by atoms with Crippen LogP contribution in [0.1, 0.15) is 16.8 Å². The number of para-hydroxylation sites is 1. The smallest absolute Gasteiger partial charge is 0.183 e. The van der Waals surface area contributed by atoms with Gasteiger partial charge in [0, 0.05) is 0 Å². The molecule has 0 aliphatic carbocycles. The van der Waals surface area contributed by atoms with Crippen molar-refractivity contribution in [3.63, 3.8) is 0 Å². The highest BCUT2D eigenvalue weighted by molar-refractivity contribution is 6.02. The zero-order valence-corrected chi connectivity index (χ0v) is 8.12. The lowest BCUT2D eigenvalue weighted by Gasteiger charge is -2.26. The van der Waals surface area contributed by atoms with Crippen LogP contribution in [-0.2, 0) is 0 Å². The average Bonchev–Trinajstić information content (AvgIpc) is 2.15. The largest absolute Gasteiger partial charge is 0.496 e. The Morgan fingerprint density at radius 1 is 1.50 bits per heavy atom. The summed E-state index contributed by atoms with van der Waals surface area (Å²) in [5, 5.41) is 3.09. The Bertz CT molecular complexity index is 345. The molecule has 2 rings (SSSR count). The molecule has 1 aliphatic heterocycles. The molecule has 0 radical (unpaired) electrons. The topological polar surface area (TPSA) is 38.3 Å². The van der Waals surface area contributed by atoms with Gasteiger partial charge in [-0.2, -0.15) is 0 Å². The molecule has 1 atom stereocenters. The quantitative estimate of drug-likeness (QED) is 0.730. The highest BCUT2D eigenvalue weighted by atomic mass is 16.5. The van der Waals surface area contributed by atoms with Crippen LogP contribution < -0.4 is 10.1 Å². The zero-order valence-electron chi connectivity index (χ0n) is 8.12. The van der Waals surface area contributed by atoms with Crippen molar-refractivity contribution >= 4 is 5.78 Å². The van der Waals surface area contributed by atoms with Crippen molar-refractivity contribution in [3.05, 3.63) is 29.8 Å². The van der Waals surface area contributed by atoms with Crippen molar-refractivity contribution < 1.29 is 9.53 Å². The minimum absolute atomic E-state index is 0.00806. The Morgan fingerprint density at radius 2 is 2.21 bits per heavy atom. The molecule has 1 saturated heterocycles. The van der Waals surface area contributed by atoms with Crippen molar-refractivity contribution in [1.29, 1.82) is 0 Å². The van der Waals surface area contributed by atoms with Crippen LogP contribution in [0.2, 0.25) is 0 Å². The van der Waals surface area contributed by atoms with Crippen LogP contribution in [-0.4, -0.2) is 25.5 Å². The summed E-state index contributed by atoms with van der Waals surface area (Å²) in [7, 11) is 1.58. The fraction of sp³-hybridized carbons (Fsp3) is 0.364. The first-order valence-corrected chi connectivity index (χ1v) is 4.73. The third-order valence-corrected chi connectivity index (χ3v) is 2.51. The maximum absolute atomic E-state index is 11.9. The van der Waals surface area contributed by atoms with Crippen LogP contribution in [0, 0.1) is 0 Å². The number of carbonyl (C=O) groups is 1. The molecule has 1 aromatic rings. The van der Waals surface area contributed by atoms with E-state index in [9.17, 15) is 4.79 Å². The molecule has 0 aromatic heterocycles. The molecule has 3 nitrogen and oxygen atoms in total. The number of ether oxygens (including phenoxy) is 1. The van der Waals surface area contributed by atoms with Gasteiger partial charge in [-0.1, -0.05) is 12.1 Å². The minimum atomic E-state index is -0.00806. The molecule has 3 heteroatoms. The average molecular weight is 191 g/mol. The summed E-state index contributed by atoms with van der Waals surface area (Å²) in [4.78, 5) is 11.9. The first kappa shape index (κ1) is 9.21. The van der Waals surface area contributed by atoms with E-state index in [1.54, 1.807) is 13.2 Å². The van der Waals surface area contributed by atoms with Crippen LogP contribution in [0.4, 0.5) is 0 Å². The highest BCUT2D eigenvalue weighted by Crippen LogP contribution is 2.21. The molecule has 74 valence electrons. The molecule has 1 aliphatic rings. The normalized spacial score (nSPS) is 19.9. The van der Waals surface area contributed by atoms with Gasteiger partial charge in [0.2, 0.25) is 0 Å². The summed E-state index contributed by atoms with van der Waals surface area (Å²) in [5.41, 5.74) is 0.673. The fourth-order valence-corrected chi connectivity index (χ4v) is 1.55. The van der Waals surface area contributed by atoms with Gasteiger partial charge in [-0.05, 0) is 25.1 Å². The van der Waals surface area contributed by atoms with E-state index in [2.05, 4.69) is 5.32 Å². The Kier molecular flexibility index (Phi) is 2.50. The van der Waals surface area contributed by atoms with E-state index in [0.29, 0.717) is 11.3 Å². The fourth-order valence-electron chi connectivity index (χ4n) is 1.55. The van der Waals surface area contributed by atoms with Gasteiger partial charge in [-0.25, -0.2) is 0 Å². The number of hydrogen-bond acceptors (Lipinski definition) is 3. The van der Waals surface area contributed by atoms with E-state index in [4.69, 9.17) is 4.74 Å². The second kappa shape index (κ2) is 3.80. The lowest BCUT2D eigenvalue weighted by atomic mass is 9.96. The number of benzene rings is 1. The third-order valence-electron chi connectivity index (χ3n) is 2.51. The van der Waals surface area contributed by atoms with Gasteiger partial charge in [-0.3, -0.25) is 4.79 Å². The lowest BCUT2D eigenvalue weighted by molar-refractivity contribution is 0.0901. The molecule has 0 saturated carbocycles. The summed E-state index contributed by atoms with van der Waals surface area (Å²) in [6.45, 7) is 0.936. The van der Waals surface area contributed by atoms with Gasteiger partial charge < -0.3 is 10.1 Å². The third kappa shape index (κ3) is 1.51. The molecule has 1 unspecified atom stereocenters. The van der Waals surface area contributed by atoms with Crippen LogP contribution in [0.15, 0.2) is 24.3 Å². The first-order valence-electron chi connectivity index (χ1n) is 4.73. The number of nitrogens with one attached hydrogen (secondary N) is 1. The monoisotopic (exact) mass is 191 g/mol. The summed E-state index contributed by atoms with van der Waals surface area (Å²) in [6.07, 6.45) is 0.927. The van der Waals surface area contributed by atoms with Gasteiger partial charge in [0.05, 0.1) is 18.7 Å². The predicted octanol–water partition coefficient (Wildman–Crippen LogP) is 1.24. The van der Waals surface area contributed by atoms with Gasteiger partial charge in [0.25, 0.3) is 0 Å². The number of carbonyl (C=O) groups excluding carboxylic acids is 1. The summed E-state index contributed by atoms with van der Waals surface area (Å²) < 4.78 is 5.14. The Balaban J connectivity index is 2.25. The van der Waals surface area contributed by atoms with E-state index in [0.717, 1.165) is 13.0 Å². The Labute approximate surface area is 83.1 Å². The molecule has 1 fully saturated rings. The van der Waals surface area contributed by atoms with E-state index >= 15 is 0 Å². The predicted molar refractivity (Wildman–Crippen MR) is 53.7 cm³/mol. The molecule has 0 bridgehead atoms. The zero-order chi connectivity index (χ0) is 9.97. The maximum atomic E-state index is 11.9. The molecule has 0 amide bonds.